The van der Waals surface area contributed by atoms with Gasteiger partial charge in [-0.1, -0.05) is 26.0 Å². The van der Waals surface area contributed by atoms with Crippen molar-refractivity contribution >= 4 is 32.8 Å². The SMILES string of the molecule is CC(C)C(C#N)NC(=O)C1CC(F)CCC1c1nc(C2CC(F)(F)C2)sc1-c1ccc(N2CCS(=O)(=O)CC2)cc1. The van der Waals surface area contributed by atoms with Crippen LogP contribution in [0.5, 0.6) is 0 Å². The van der Waals surface area contributed by atoms with E-state index in [1.165, 1.54) is 11.3 Å². The molecule has 1 saturated heterocycles. The van der Waals surface area contributed by atoms with Gasteiger partial charge in [0, 0.05) is 49.4 Å². The molecule has 2 heterocycles. The molecule has 3 fully saturated rings. The molecule has 2 aromatic rings. The molecule has 222 valence electrons. The monoisotopic (exact) mass is 608 g/mol. The summed E-state index contributed by atoms with van der Waals surface area (Å²) in [6.45, 7) is 4.49. The van der Waals surface area contributed by atoms with Gasteiger partial charge in [0.1, 0.15) is 12.2 Å². The number of nitriles is 1. The third kappa shape index (κ3) is 6.56. The van der Waals surface area contributed by atoms with E-state index < -0.39 is 39.8 Å². The summed E-state index contributed by atoms with van der Waals surface area (Å²) in [6.07, 6.45) is -1.02. The first-order valence-electron chi connectivity index (χ1n) is 14.1. The van der Waals surface area contributed by atoms with Gasteiger partial charge < -0.3 is 10.2 Å². The minimum Gasteiger partial charge on any atom is -0.369 e. The van der Waals surface area contributed by atoms with E-state index in [2.05, 4.69) is 11.4 Å². The van der Waals surface area contributed by atoms with Crippen LogP contribution in [0.3, 0.4) is 0 Å². The van der Waals surface area contributed by atoms with Crippen molar-refractivity contribution in [3.63, 3.8) is 0 Å². The summed E-state index contributed by atoms with van der Waals surface area (Å²) in [5, 5.41) is 12.9. The number of hydrogen-bond donors (Lipinski definition) is 1. The van der Waals surface area contributed by atoms with Crippen LogP contribution in [-0.2, 0) is 14.6 Å². The molecule has 3 aliphatic rings. The Morgan fingerprint density at radius 2 is 1.83 bits per heavy atom. The quantitative estimate of drug-likeness (QED) is 0.449. The highest BCUT2D eigenvalue weighted by Gasteiger charge is 2.48. The van der Waals surface area contributed by atoms with Crippen LogP contribution in [0.1, 0.15) is 68.5 Å². The highest BCUT2D eigenvalue weighted by Crippen LogP contribution is 2.52. The number of carbonyl (C=O) groups is 1. The first-order valence-corrected chi connectivity index (χ1v) is 16.8. The van der Waals surface area contributed by atoms with Crippen molar-refractivity contribution in [2.24, 2.45) is 11.8 Å². The number of alkyl halides is 3. The Kier molecular flexibility index (Phi) is 8.41. The maximum atomic E-state index is 14.6. The summed E-state index contributed by atoms with van der Waals surface area (Å²) in [4.78, 5) is 21.1. The standard InChI is InChI=1S/C29H35F3N4O3S2/c1-17(2)24(16-33)34-27(37)23-13-20(30)5-8-22(23)25-26(40-28(35-25)19-14-29(31,32)15-19)18-3-6-21(7-4-18)36-9-11-41(38,39)12-10-36/h3-4,6-7,17,19-20,22-24H,5,8-15H2,1-2H3,(H,34,37). The van der Waals surface area contributed by atoms with Gasteiger partial charge in [-0.15, -0.1) is 11.3 Å². The number of aromatic nitrogens is 1. The molecule has 1 aromatic carbocycles. The van der Waals surface area contributed by atoms with Crippen LogP contribution in [-0.4, -0.2) is 62.0 Å². The van der Waals surface area contributed by atoms with E-state index in [0.717, 1.165) is 16.1 Å². The van der Waals surface area contributed by atoms with Crippen molar-refractivity contribution in [1.29, 1.82) is 5.26 Å². The van der Waals surface area contributed by atoms with E-state index in [4.69, 9.17) is 4.98 Å². The Bertz CT molecular complexity index is 1400. The summed E-state index contributed by atoms with van der Waals surface area (Å²) in [6, 6.07) is 9.05. The summed E-state index contributed by atoms with van der Waals surface area (Å²) in [7, 11) is -3.01. The molecule has 0 bridgehead atoms. The van der Waals surface area contributed by atoms with Crippen LogP contribution >= 0.6 is 11.3 Å². The molecular formula is C29H35F3N4O3S2. The fourth-order valence-corrected chi connectivity index (χ4v) is 8.40. The average molecular weight is 609 g/mol. The molecule has 4 atom stereocenters. The first-order chi connectivity index (χ1) is 19.4. The molecule has 1 aromatic heterocycles. The zero-order chi connectivity index (χ0) is 29.5. The number of nitrogens with one attached hydrogen (secondary N) is 1. The first kappa shape index (κ1) is 29.8. The Morgan fingerprint density at radius 3 is 2.41 bits per heavy atom. The van der Waals surface area contributed by atoms with Gasteiger partial charge in [-0.3, -0.25) is 4.79 Å². The van der Waals surface area contributed by atoms with Crippen LogP contribution in [0.4, 0.5) is 18.9 Å². The van der Waals surface area contributed by atoms with Crippen LogP contribution in [0, 0.1) is 23.2 Å². The van der Waals surface area contributed by atoms with Crippen LogP contribution in [0.25, 0.3) is 10.4 Å². The second-order valence-electron chi connectivity index (χ2n) is 11.9. The van der Waals surface area contributed by atoms with E-state index in [1.54, 1.807) is 0 Å². The molecule has 1 amide bonds. The lowest BCUT2D eigenvalue weighted by atomic mass is 9.75. The molecule has 12 heteroatoms. The molecule has 0 spiro atoms. The van der Waals surface area contributed by atoms with E-state index in [1.807, 2.05) is 43.0 Å². The highest BCUT2D eigenvalue weighted by molar-refractivity contribution is 7.91. The van der Waals surface area contributed by atoms with Gasteiger partial charge in [0.15, 0.2) is 9.84 Å². The zero-order valence-electron chi connectivity index (χ0n) is 23.2. The van der Waals surface area contributed by atoms with Crippen molar-refractivity contribution < 1.29 is 26.4 Å². The third-order valence-electron chi connectivity index (χ3n) is 8.53. The second-order valence-corrected chi connectivity index (χ2v) is 15.2. The molecular weight excluding hydrogens is 573 g/mol. The van der Waals surface area contributed by atoms with Gasteiger partial charge in [-0.25, -0.2) is 26.6 Å². The number of sulfone groups is 1. The number of nitrogens with zero attached hydrogens (tertiary/aromatic N) is 3. The number of rotatable bonds is 7. The van der Waals surface area contributed by atoms with Crippen LogP contribution in [0.2, 0.25) is 0 Å². The average Bonchev–Trinajstić information content (AvgIpc) is 3.35. The minimum absolute atomic E-state index is 0.0113. The van der Waals surface area contributed by atoms with Gasteiger partial charge in [0.25, 0.3) is 0 Å². The maximum Gasteiger partial charge on any atom is 0.249 e. The number of hydrogen-bond acceptors (Lipinski definition) is 7. The number of thiazole rings is 1. The van der Waals surface area contributed by atoms with Crippen molar-refractivity contribution in [2.75, 3.05) is 29.5 Å². The summed E-state index contributed by atoms with van der Waals surface area (Å²) < 4.78 is 65.9. The number of halogens is 3. The van der Waals surface area contributed by atoms with Crippen molar-refractivity contribution in [3.8, 4) is 16.5 Å². The summed E-state index contributed by atoms with van der Waals surface area (Å²) >= 11 is 1.35. The molecule has 2 saturated carbocycles. The fourth-order valence-electron chi connectivity index (χ4n) is 5.96. The van der Waals surface area contributed by atoms with Gasteiger partial charge in [0.2, 0.25) is 11.8 Å². The van der Waals surface area contributed by atoms with E-state index in [-0.39, 0.29) is 54.9 Å². The predicted octanol–water partition coefficient (Wildman–Crippen LogP) is 5.44. The largest absolute Gasteiger partial charge is 0.369 e. The normalized spacial score (nSPS) is 26.7. The third-order valence-corrected chi connectivity index (χ3v) is 11.4. The zero-order valence-corrected chi connectivity index (χ0v) is 24.8. The Morgan fingerprint density at radius 1 is 1.17 bits per heavy atom. The molecule has 5 rings (SSSR count). The lowest BCUT2D eigenvalue weighted by Crippen LogP contribution is -2.44. The molecule has 2 aliphatic carbocycles. The molecule has 0 radical (unpaired) electrons. The van der Waals surface area contributed by atoms with Crippen molar-refractivity contribution in [2.45, 2.75) is 75.9 Å². The van der Waals surface area contributed by atoms with Gasteiger partial charge in [-0.2, -0.15) is 5.26 Å². The number of anilines is 1. The molecule has 1 aliphatic heterocycles. The Balaban J connectivity index is 1.47. The number of carbonyl (C=O) groups excluding carboxylic acids is 1. The lowest BCUT2D eigenvalue weighted by molar-refractivity contribution is -0.128. The Labute approximate surface area is 243 Å². The Hall–Kier alpha value is -2.65. The topological polar surface area (TPSA) is 103 Å². The number of amides is 1. The summed E-state index contributed by atoms with van der Waals surface area (Å²) in [5.74, 6) is -4.53. The number of benzene rings is 1. The van der Waals surface area contributed by atoms with E-state index >= 15 is 0 Å². The van der Waals surface area contributed by atoms with Gasteiger partial charge >= 0.3 is 0 Å². The van der Waals surface area contributed by atoms with Gasteiger partial charge in [0.05, 0.1) is 33.2 Å². The fraction of sp³-hybridized carbons (Fsp3) is 0.621. The smallest absolute Gasteiger partial charge is 0.249 e. The predicted molar refractivity (Wildman–Crippen MR) is 153 cm³/mol. The molecule has 7 nitrogen and oxygen atoms in total. The lowest BCUT2D eigenvalue weighted by Gasteiger charge is -2.34. The molecule has 41 heavy (non-hydrogen) atoms. The van der Waals surface area contributed by atoms with E-state index in [0.29, 0.717) is 30.2 Å². The molecule has 4 unspecified atom stereocenters. The van der Waals surface area contributed by atoms with Crippen molar-refractivity contribution in [3.05, 3.63) is 35.0 Å². The van der Waals surface area contributed by atoms with Crippen LogP contribution in [0.15, 0.2) is 24.3 Å². The maximum absolute atomic E-state index is 14.6. The highest BCUT2D eigenvalue weighted by atomic mass is 32.2. The molecule has 1 N–H and O–H groups in total. The van der Waals surface area contributed by atoms with Gasteiger partial charge in [-0.05, 0) is 42.9 Å². The van der Waals surface area contributed by atoms with E-state index in [9.17, 15) is 31.6 Å². The minimum atomic E-state index is -3.01. The van der Waals surface area contributed by atoms with Crippen molar-refractivity contribution in [1.82, 2.24) is 10.3 Å². The summed E-state index contributed by atoms with van der Waals surface area (Å²) in [5.41, 5.74) is 2.34. The van der Waals surface area contributed by atoms with Crippen LogP contribution < -0.4 is 10.2 Å². The second kappa shape index (κ2) is 11.6.